The van der Waals surface area contributed by atoms with E-state index in [1.54, 1.807) is 4.52 Å². The van der Waals surface area contributed by atoms with Crippen molar-refractivity contribution in [3.63, 3.8) is 0 Å². The smallest absolute Gasteiger partial charge is 0.155 e. The summed E-state index contributed by atoms with van der Waals surface area (Å²) in [6, 6.07) is 3.70. The Kier molecular flexibility index (Phi) is 2.21. The molecule has 68 valence electrons. The van der Waals surface area contributed by atoms with Crippen LogP contribution in [0.4, 0.5) is 0 Å². The topological polar surface area (TPSA) is 30.2 Å². The van der Waals surface area contributed by atoms with E-state index >= 15 is 0 Å². The molecule has 0 aliphatic carbocycles. The largest absolute Gasteiger partial charge is 0.231 e. The summed E-state index contributed by atoms with van der Waals surface area (Å²) in [6.07, 6.45) is 0.865. The van der Waals surface area contributed by atoms with Gasteiger partial charge in [0.05, 0.1) is 5.69 Å². The average Bonchev–Trinajstić information content (AvgIpc) is 2.44. The lowest BCUT2D eigenvalue weighted by Gasteiger charge is -1.94. The van der Waals surface area contributed by atoms with E-state index in [0.29, 0.717) is 5.03 Å². The third-order valence-electron chi connectivity index (χ3n) is 1.84. The van der Waals surface area contributed by atoms with Gasteiger partial charge >= 0.3 is 0 Å². The van der Waals surface area contributed by atoms with Crippen LogP contribution in [0.15, 0.2) is 22.2 Å². The van der Waals surface area contributed by atoms with Gasteiger partial charge in [0.25, 0.3) is 0 Å². The van der Waals surface area contributed by atoms with E-state index in [1.807, 2.05) is 19.1 Å². The summed E-state index contributed by atoms with van der Waals surface area (Å²) in [7, 11) is 0. The molecule has 2 heterocycles. The predicted octanol–water partition coefficient (Wildman–Crippen LogP) is 1.87. The first kappa shape index (κ1) is 8.90. The number of rotatable bonds is 1. The summed E-state index contributed by atoms with van der Waals surface area (Å²) >= 11 is 8.50. The third-order valence-corrected chi connectivity index (χ3v) is 2.53. The number of aryl methyl sites for hydroxylation is 1. The number of nitrogens with zero attached hydrogens (tertiary/aromatic N) is 3. The molecule has 13 heavy (non-hydrogen) atoms. The molecule has 0 fully saturated rings. The summed E-state index contributed by atoms with van der Waals surface area (Å²) in [5, 5.41) is 5.65. The SMILES string of the molecule is CCc1nc2ccc(S)nn2c1S. The Morgan fingerprint density at radius 1 is 1.38 bits per heavy atom. The van der Waals surface area contributed by atoms with Crippen LogP contribution in [0.25, 0.3) is 5.65 Å². The minimum atomic E-state index is 0.669. The zero-order valence-corrected chi connectivity index (χ0v) is 8.89. The molecule has 0 aromatic carbocycles. The number of hydrogen-bond acceptors (Lipinski definition) is 4. The van der Waals surface area contributed by atoms with E-state index < -0.39 is 0 Å². The molecule has 2 aromatic rings. The van der Waals surface area contributed by atoms with Gasteiger partial charge in [-0.2, -0.15) is 5.10 Å². The number of thiol groups is 2. The lowest BCUT2D eigenvalue weighted by molar-refractivity contribution is 0.790. The van der Waals surface area contributed by atoms with Crippen molar-refractivity contribution in [1.82, 2.24) is 14.6 Å². The summed E-state index contributed by atoms with van der Waals surface area (Å²) in [6.45, 7) is 2.04. The minimum Gasteiger partial charge on any atom is -0.231 e. The van der Waals surface area contributed by atoms with Crippen molar-refractivity contribution in [2.24, 2.45) is 0 Å². The third kappa shape index (κ3) is 1.42. The highest BCUT2D eigenvalue weighted by molar-refractivity contribution is 7.80. The number of fused-ring (bicyclic) bond motifs is 1. The van der Waals surface area contributed by atoms with Gasteiger partial charge in [0.15, 0.2) is 5.65 Å². The number of hydrogen-bond donors (Lipinski definition) is 2. The first-order valence-electron chi connectivity index (χ1n) is 3.99. The molecule has 3 nitrogen and oxygen atoms in total. The van der Waals surface area contributed by atoms with E-state index in [2.05, 4.69) is 35.3 Å². The van der Waals surface area contributed by atoms with Crippen LogP contribution in [-0.2, 0) is 6.42 Å². The molecular weight excluding hydrogens is 202 g/mol. The second kappa shape index (κ2) is 3.23. The summed E-state index contributed by atoms with van der Waals surface area (Å²) in [5.41, 5.74) is 1.79. The molecule has 0 aliphatic rings. The van der Waals surface area contributed by atoms with Crippen molar-refractivity contribution in [2.45, 2.75) is 23.4 Å². The van der Waals surface area contributed by atoms with Gasteiger partial charge in [-0.05, 0) is 18.6 Å². The molecule has 2 rings (SSSR count). The maximum absolute atomic E-state index is 4.36. The molecule has 0 bridgehead atoms. The molecular formula is C8H9N3S2. The lowest BCUT2D eigenvalue weighted by atomic mass is 10.4. The van der Waals surface area contributed by atoms with Crippen LogP contribution in [0.1, 0.15) is 12.6 Å². The Bertz CT molecular complexity index is 450. The van der Waals surface area contributed by atoms with Crippen molar-refractivity contribution >= 4 is 30.9 Å². The molecule has 0 saturated heterocycles. The number of aromatic nitrogens is 3. The van der Waals surface area contributed by atoms with Crippen LogP contribution in [0.3, 0.4) is 0 Å². The summed E-state index contributed by atoms with van der Waals surface area (Å²) in [5.74, 6) is 0. The van der Waals surface area contributed by atoms with E-state index in [0.717, 1.165) is 22.8 Å². The fourth-order valence-corrected chi connectivity index (χ4v) is 1.71. The van der Waals surface area contributed by atoms with Crippen molar-refractivity contribution in [3.8, 4) is 0 Å². The van der Waals surface area contributed by atoms with E-state index in [4.69, 9.17) is 0 Å². The van der Waals surface area contributed by atoms with Gasteiger partial charge in [0.2, 0.25) is 0 Å². The quantitative estimate of drug-likeness (QED) is 0.705. The highest BCUT2D eigenvalue weighted by Crippen LogP contribution is 2.16. The first-order chi connectivity index (χ1) is 6.22. The Morgan fingerprint density at radius 3 is 2.85 bits per heavy atom. The second-order valence-electron chi connectivity index (χ2n) is 2.70. The highest BCUT2D eigenvalue weighted by Gasteiger charge is 2.07. The van der Waals surface area contributed by atoms with Gasteiger partial charge in [-0.1, -0.05) is 6.92 Å². The highest BCUT2D eigenvalue weighted by atomic mass is 32.1. The Morgan fingerprint density at radius 2 is 2.15 bits per heavy atom. The Labute approximate surface area is 87.0 Å². The molecule has 0 atom stereocenters. The average molecular weight is 211 g/mol. The maximum atomic E-state index is 4.36. The van der Waals surface area contributed by atoms with Gasteiger partial charge in [0.1, 0.15) is 10.1 Å². The van der Waals surface area contributed by atoms with Gasteiger partial charge in [-0.15, -0.1) is 25.3 Å². The molecule has 0 spiro atoms. The van der Waals surface area contributed by atoms with Gasteiger partial charge in [-0.3, -0.25) is 0 Å². The summed E-state index contributed by atoms with van der Waals surface area (Å²) < 4.78 is 1.70. The summed E-state index contributed by atoms with van der Waals surface area (Å²) in [4.78, 5) is 4.36. The lowest BCUT2D eigenvalue weighted by Crippen LogP contribution is -1.92. The maximum Gasteiger partial charge on any atom is 0.155 e. The predicted molar refractivity (Wildman–Crippen MR) is 56.9 cm³/mol. The Balaban J connectivity index is 2.77. The molecule has 0 radical (unpaired) electrons. The molecule has 0 saturated carbocycles. The van der Waals surface area contributed by atoms with Gasteiger partial charge in [-0.25, -0.2) is 9.50 Å². The molecule has 0 amide bonds. The van der Waals surface area contributed by atoms with Crippen LogP contribution in [0, 0.1) is 0 Å². The van der Waals surface area contributed by atoms with Gasteiger partial charge < -0.3 is 0 Å². The van der Waals surface area contributed by atoms with Crippen LogP contribution >= 0.6 is 25.3 Å². The first-order valence-corrected chi connectivity index (χ1v) is 4.88. The fraction of sp³-hybridized carbons (Fsp3) is 0.250. The van der Waals surface area contributed by atoms with Gasteiger partial charge in [0, 0.05) is 0 Å². The van der Waals surface area contributed by atoms with Crippen molar-refractivity contribution in [2.75, 3.05) is 0 Å². The molecule has 2 aromatic heterocycles. The normalized spacial score (nSPS) is 11.0. The van der Waals surface area contributed by atoms with Crippen LogP contribution < -0.4 is 0 Å². The van der Waals surface area contributed by atoms with E-state index in [9.17, 15) is 0 Å². The van der Waals surface area contributed by atoms with Crippen molar-refractivity contribution < 1.29 is 0 Å². The zero-order valence-electron chi connectivity index (χ0n) is 7.10. The zero-order chi connectivity index (χ0) is 9.42. The molecule has 0 aliphatic heterocycles. The molecule has 0 N–H and O–H groups in total. The molecule has 5 heteroatoms. The van der Waals surface area contributed by atoms with Crippen molar-refractivity contribution in [3.05, 3.63) is 17.8 Å². The fourth-order valence-electron chi connectivity index (χ4n) is 1.19. The Hall–Kier alpha value is -0.680. The van der Waals surface area contributed by atoms with Crippen LogP contribution in [-0.4, -0.2) is 14.6 Å². The van der Waals surface area contributed by atoms with Crippen LogP contribution in [0.5, 0.6) is 0 Å². The van der Waals surface area contributed by atoms with E-state index in [-0.39, 0.29) is 0 Å². The number of imidazole rings is 1. The van der Waals surface area contributed by atoms with Crippen LogP contribution in [0.2, 0.25) is 0 Å². The monoisotopic (exact) mass is 211 g/mol. The van der Waals surface area contributed by atoms with Crippen molar-refractivity contribution in [1.29, 1.82) is 0 Å². The minimum absolute atomic E-state index is 0.669. The molecule has 0 unspecified atom stereocenters. The standard InChI is InChI=1S/C8H9N3S2/c1-2-5-8(13)11-6(9-5)3-4-7(12)10-11/h3-4,13H,2H2,1H3,(H,10,12). The second-order valence-corrected chi connectivity index (χ2v) is 3.58. The van der Waals surface area contributed by atoms with E-state index in [1.165, 1.54) is 0 Å².